The molecule has 10 aliphatic rings. The third-order valence-corrected chi connectivity index (χ3v) is 27.1. The molecule has 1 N–H and O–H groups in total. The van der Waals surface area contributed by atoms with E-state index in [0.717, 1.165) is 66.4 Å². The summed E-state index contributed by atoms with van der Waals surface area (Å²) >= 11 is 57.8. The first kappa shape index (κ1) is 113. The van der Waals surface area contributed by atoms with Crippen LogP contribution in [-0.4, -0.2) is 126 Å². The quantitative estimate of drug-likeness (QED) is 0.0653. The van der Waals surface area contributed by atoms with Crippen LogP contribution in [0.25, 0.3) is 5.57 Å². The number of aliphatic imine (C=N–C) groups is 1. The number of hydrogen-bond acceptors (Lipinski definition) is 30. The second kappa shape index (κ2) is 48.7. The van der Waals surface area contributed by atoms with Crippen molar-refractivity contribution in [3.63, 3.8) is 0 Å². The van der Waals surface area contributed by atoms with Gasteiger partial charge >= 0.3 is 0 Å². The molecule has 0 unspecified atom stereocenters. The van der Waals surface area contributed by atoms with Gasteiger partial charge in [0.15, 0.2) is 40.3 Å². The number of Topliss-reactive ketones (excluding diaryl/α,β-unsaturated/α-hetero) is 8. The molecule has 150 heavy (non-hydrogen) atoms. The molecule has 0 saturated heterocycles. The second-order valence-corrected chi connectivity index (χ2v) is 40.2. The number of carbonyl (C=O) groups is 13. The number of ether oxygens (including phenoxy) is 4. The van der Waals surface area contributed by atoms with Gasteiger partial charge in [-0.3, -0.25) is 76.7 Å². The van der Waals surface area contributed by atoms with E-state index in [1.807, 2.05) is 59.7 Å². The van der Waals surface area contributed by atoms with Crippen LogP contribution < -0.4 is 49.6 Å². The van der Waals surface area contributed by atoms with E-state index in [9.17, 15) is 72.2 Å². The van der Waals surface area contributed by atoms with E-state index in [4.69, 9.17) is 138 Å². The van der Waals surface area contributed by atoms with E-state index >= 15 is 0 Å². The first-order valence-corrected chi connectivity index (χ1v) is 50.1. The Bertz CT molecular complexity index is 7470. The zero-order valence-electron chi connectivity index (χ0n) is 80.1. The van der Waals surface area contributed by atoms with Gasteiger partial charge in [0.1, 0.15) is 66.6 Å². The van der Waals surface area contributed by atoms with Gasteiger partial charge in [0.25, 0.3) is 35.1 Å². The lowest BCUT2D eigenvalue weighted by Crippen LogP contribution is -2.36. The highest BCUT2D eigenvalue weighted by Crippen LogP contribution is 2.48. The summed E-state index contributed by atoms with van der Waals surface area (Å²) in [6.07, 6.45) is 14.8. The van der Waals surface area contributed by atoms with Crippen LogP contribution in [0.3, 0.4) is 0 Å². The molecule has 7 aromatic rings. The fourth-order valence-corrected chi connectivity index (χ4v) is 19.4. The van der Waals surface area contributed by atoms with Gasteiger partial charge < -0.3 is 24.1 Å². The van der Waals surface area contributed by atoms with Gasteiger partial charge in [0.2, 0.25) is 57.5 Å². The smallest absolute Gasteiger partial charge is 0.256 e. The van der Waals surface area contributed by atoms with E-state index in [1.54, 1.807) is 72.9 Å². The Labute approximate surface area is 912 Å². The molecule has 4 aliphatic carbocycles. The number of dihydropyridines is 1. The van der Waals surface area contributed by atoms with Gasteiger partial charge in [-0.25, -0.2) is 0 Å². The number of aromatic nitrogens is 1. The van der Waals surface area contributed by atoms with Crippen LogP contribution in [0, 0.1) is 80.3 Å². The minimum Gasteiger partial charge on any atom is -0.455 e. The first-order valence-electron chi connectivity index (χ1n) is 45.5. The predicted molar refractivity (Wildman–Crippen MR) is 568 cm³/mol. The number of pyridine rings is 1. The summed E-state index contributed by atoms with van der Waals surface area (Å²) in [5.41, 5.74) is 6.65. The number of halogens is 10. The Hall–Kier alpha value is -14.7. The highest BCUT2D eigenvalue weighted by molar-refractivity contribution is 9.11. The molecular formula is C104H79Br2Cl8N17O19. The van der Waals surface area contributed by atoms with Crippen molar-refractivity contribution in [3.8, 4) is 64.8 Å². The molecule has 0 radical (unpaired) electrons. The molecule has 6 aliphatic heterocycles. The third kappa shape index (κ3) is 25.9. The second-order valence-electron chi connectivity index (χ2n) is 35.2. The largest absolute Gasteiger partial charge is 0.455 e. The molecule has 5 amide bonds. The Morgan fingerprint density at radius 2 is 0.753 bits per heavy atom. The number of anilines is 5. The number of amides is 5. The van der Waals surface area contributed by atoms with Crippen molar-refractivity contribution >= 4 is 269 Å². The number of rotatable bonds is 21. The van der Waals surface area contributed by atoms with Gasteiger partial charge in [0, 0.05) is 57.3 Å². The van der Waals surface area contributed by atoms with Crippen LogP contribution >= 0.6 is 125 Å². The lowest BCUT2D eigenvalue weighted by atomic mass is 9.76. The first-order chi connectivity index (χ1) is 71.2. The maximum absolute atomic E-state index is 12.3. The topological polar surface area (TPSA) is 510 Å². The normalized spacial score (nSPS) is 16.6. The lowest BCUT2D eigenvalue weighted by molar-refractivity contribution is -0.126. The van der Waals surface area contributed by atoms with E-state index < -0.39 is 103 Å². The standard InChI is InChI=1S/C23H17Cl2N3O3.C21H15Cl2N3O4.C20H15Br2N3O4.C20H16Cl2N4O5.C20H16Cl2N4O3/c1-12(2)16-6-4-13-3-5-15(9-17(13)16)31-23-18(24)7-14(8-19(23)25)28-22(30)10-21(29)20(11-26)27-28;22-15-6-12(26-20(29)9-19(28)17(10-24)25-26)7-16(23)21(15)30-13-4-5-18(27)14(8-13)11-2-1-3-11;1-10(2)13-7-12(3-4-17(13)26)29-20-14(21)5-11(6-15(20)22)25-19(28)8-18(27)16(9-23)24-25;1-10(2)13-5-12(8-25(9-27)20(13)30)31-19-14(21)3-11(4-15(19)22)26-18(29)6-17(28)16(7-23)24-26;1-10(2)13-3-11(24-9-19(13)28)4-14-15(21)5-12(6-16(14)22)26-20(29)7-18(27)17(8-23)25-26/h3,5-9,12H,4,10H2,1-2H3;4,6-8,11H,1-3,5,9H2;3,5-7,10H,4,8H2,1-2H3;3-5,8,10,27H,6,9H2,1-2H3;3,5-6,10H,4,7,9H2,1-2H3. The maximum atomic E-state index is 12.3. The number of benzene rings is 6. The number of hydrazone groups is 5. The Morgan fingerprint density at radius 1 is 0.393 bits per heavy atom. The number of nitrogens with zero attached hydrogens (tertiary/aromatic N) is 17. The van der Waals surface area contributed by atoms with Crippen LogP contribution in [-0.2, 0) is 81.9 Å². The Kier molecular flexibility index (Phi) is 36.6. The van der Waals surface area contributed by atoms with Crippen molar-refractivity contribution in [3.05, 3.63) is 238 Å². The van der Waals surface area contributed by atoms with E-state index in [2.05, 4.69) is 82.3 Å². The SMILES string of the molecule is CC(C)C1=CC(Cc2c(Cl)cc(N3N=C(C#N)C(=O)CC3=O)cc2Cl)=NCC1=O.CC(C)C1=CC(Oc2c(Br)cc(N3N=C(C#N)C(=O)CC3=O)cc2Br)=CCC1=O.CC(C)C1=CCc2ccc(Oc3c(Cl)cc(N4N=C(C#N)C(=O)CC4=O)cc3Cl)cc21.CC(C)c1cc(Oc2c(Cl)cc(N3N=C(C#N)C(=O)CC3=O)cc2Cl)cn(CO)c1=O.N#CC1=NN(c2cc(Cl)c(OC3=CCC(=O)C(C4CCC4)=C3)c(Cl)c2)C(=O)CC1=O. The zero-order chi connectivity index (χ0) is 109. The molecule has 7 heterocycles. The van der Waals surface area contributed by atoms with Crippen molar-refractivity contribution in [2.45, 2.75) is 145 Å². The average Bonchev–Trinajstić information content (AvgIpc) is 1.80. The predicted octanol–water partition coefficient (Wildman–Crippen LogP) is 20.5. The van der Waals surface area contributed by atoms with Gasteiger partial charge in [-0.1, -0.05) is 167 Å². The average molecular weight is 2310 g/mol. The molecule has 17 rings (SSSR count). The van der Waals surface area contributed by atoms with E-state index in [-0.39, 0.29) is 175 Å². The van der Waals surface area contributed by atoms with E-state index in [0.29, 0.717) is 78.0 Å². The van der Waals surface area contributed by atoms with Crippen molar-refractivity contribution in [2.24, 2.45) is 54.2 Å². The summed E-state index contributed by atoms with van der Waals surface area (Å²) in [7, 11) is 0. The van der Waals surface area contributed by atoms with Crippen LogP contribution in [0.4, 0.5) is 28.4 Å². The monoisotopic (exact) mass is 2310 g/mol. The summed E-state index contributed by atoms with van der Waals surface area (Å²) in [4.78, 5) is 172. The van der Waals surface area contributed by atoms with Crippen molar-refractivity contribution in [2.75, 3.05) is 31.6 Å². The number of aliphatic hydroxyl groups is 1. The summed E-state index contributed by atoms with van der Waals surface area (Å²) in [5.74, 6) is -2.38. The molecule has 1 saturated carbocycles. The molecule has 764 valence electrons. The Morgan fingerprint density at radius 3 is 1.13 bits per heavy atom. The molecular weight excluding hydrogens is 2230 g/mol. The van der Waals surface area contributed by atoms with Gasteiger partial charge in [-0.2, -0.15) is 76.9 Å². The number of allylic oxidation sites excluding steroid dienone is 9. The van der Waals surface area contributed by atoms with Crippen molar-refractivity contribution in [1.82, 2.24) is 4.57 Å². The molecule has 1 aromatic heterocycles. The maximum Gasteiger partial charge on any atom is 0.256 e. The minimum absolute atomic E-state index is 0.000563. The van der Waals surface area contributed by atoms with Gasteiger partial charge in [0.05, 0.1) is 106 Å². The van der Waals surface area contributed by atoms with Crippen molar-refractivity contribution < 1.29 is 86.4 Å². The third-order valence-electron chi connectivity index (χ3n) is 23.6. The number of hydrogen-bond donors (Lipinski definition) is 1. The van der Waals surface area contributed by atoms with Gasteiger partial charge in [-0.15, -0.1) is 0 Å². The van der Waals surface area contributed by atoms with Crippen LogP contribution in [0.5, 0.6) is 34.5 Å². The van der Waals surface area contributed by atoms with Crippen LogP contribution in [0.2, 0.25) is 40.2 Å². The summed E-state index contributed by atoms with van der Waals surface area (Å²) in [5, 5.41) is 79.4. The zero-order valence-corrected chi connectivity index (χ0v) is 89.3. The molecule has 0 spiro atoms. The summed E-state index contributed by atoms with van der Waals surface area (Å²) < 4.78 is 25.7. The summed E-state index contributed by atoms with van der Waals surface area (Å²) in [6.45, 7) is 15.3. The fraction of sp³-hybridized carbons (Fsp3) is 0.260. The number of carbonyl (C=O) groups excluding carboxylic acids is 13. The van der Waals surface area contributed by atoms with Gasteiger partial charge in [-0.05, 0) is 212 Å². The molecule has 0 bridgehead atoms. The molecule has 36 nitrogen and oxygen atoms in total. The Balaban J connectivity index is 0.000000156. The summed E-state index contributed by atoms with van der Waals surface area (Å²) in [6, 6.07) is 30.4. The number of nitriles is 5. The number of fused-ring (bicyclic) bond motifs is 1. The molecule has 6 aromatic carbocycles. The minimum atomic E-state index is -0.666. The molecule has 46 heteroatoms. The van der Waals surface area contributed by atoms with Crippen LogP contribution in [0.1, 0.15) is 148 Å². The molecule has 0 atom stereocenters. The van der Waals surface area contributed by atoms with Crippen LogP contribution in [0.15, 0.2) is 200 Å². The number of aliphatic hydroxyl groups excluding tert-OH is 1. The van der Waals surface area contributed by atoms with E-state index in [1.165, 1.54) is 71.9 Å². The number of ketones is 8. The molecule has 1 fully saturated rings. The highest BCUT2D eigenvalue weighted by atomic mass is 79.9. The lowest BCUT2D eigenvalue weighted by Gasteiger charge is -2.29. The van der Waals surface area contributed by atoms with Crippen molar-refractivity contribution in [1.29, 1.82) is 26.3 Å². The fourth-order valence-electron chi connectivity index (χ4n) is 15.8. The highest BCUT2D eigenvalue weighted by Gasteiger charge is 2.38.